The van der Waals surface area contributed by atoms with E-state index < -0.39 is 0 Å². The number of nitrogens with one attached hydrogen (secondary N) is 1. The predicted molar refractivity (Wildman–Crippen MR) is 99.5 cm³/mol. The van der Waals surface area contributed by atoms with Gasteiger partial charge in [-0.05, 0) is 40.8 Å². The van der Waals surface area contributed by atoms with Crippen molar-refractivity contribution in [2.24, 2.45) is 0 Å². The average molecular weight is 333 g/mol. The van der Waals surface area contributed by atoms with Gasteiger partial charge in [0.05, 0.1) is 6.54 Å². The first-order chi connectivity index (χ1) is 12.1. The first kappa shape index (κ1) is 17.0. The van der Waals surface area contributed by atoms with Crippen molar-refractivity contribution in [1.29, 1.82) is 0 Å². The zero-order valence-corrected chi connectivity index (χ0v) is 14.6. The number of aromatic nitrogens is 2. The Kier molecular flexibility index (Phi) is 5.29. The molecule has 0 aliphatic rings. The van der Waals surface area contributed by atoms with Gasteiger partial charge in [0, 0.05) is 24.5 Å². The SMILES string of the molecule is CC(C)c1ccc(C(=O)NCc2ccccc2Cn2cccn2)cc1. The average Bonchev–Trinajstić information content (AvgIpc) is 3.14. The Morgan fingerprint density at radius 2 is 1.76 bits per heavy atom. The lowest BCUT2D eigenvalue weighted by molar-refractivity contribution is 0.0951. The molecule has 0 spiro atoms. The summed E-state index contributed by atoms with van der Waals surface area (Å²) in [7, 11) is 0. The van der Waals surface area contributed by atoms with Gasteiger partial charge >= 0.3 is 0 Å². The van der Waals surface area contributed by atoms with Gasteiger partial charge in [-0.3, -0.25) is 9.48 Å². The summed E-state index contributed by atoms with van der Waals surface area (Å²) < 4.78 is 1.88. The van der Waals surface area contributed by atoms with Gasteiger partial charge in [0.1, 0.15) is 0 Å². The summed E-state index contributed by atoms with van der Waals surface area (Å²) in [5.41, 5.74) is 4.18. The Labute approximate surface area is 148 Å². The van der Waals surface area contributed by atoms with Crippen LogP contribution in [0.3, 0.4) is 0 Å². The second-order valence-corrected chi connectivity index (χ2v) is 6.43. The summed E-state index contributed by atoms with van der Waals surface area (Å²) in [6.07, 6.45) is 3.71. The highest BCUT2D eigenvalue weighted by Gasteiger charge is 2.08. The molecule has 2 aromatic carbocycles. The van der Waals surface area contributed by atoms with E-state index >= 15 is 0 Å². The van der Waals surface area contributed by atoms with E-state index in [4.69, 9.17) is 0 Å². The fraction of sp³-hybridized carbons (Fsp3) is 0.238. The lowest BCUT2D eigenvalue weighted by Gasteiger charge is -2.11. The monoisotopic (exact) mass is 333 g/mol. The molecule has 0 bridgehead atoms. The number of nitrogens with zero attached hydrogens (tertiary/aromatic N) is 2. The Morgan fingerprint density at radius 1 is 1.04 bits per heavy atom. The Hall–Kier alpha value is -2.88. The summed E-state index contributed by atoms with van der Waals surface area (Å²) in [4.78, 5) is 12.4. The molecule has 0 fully saturated rings. The van der Waals surface area contributed by atoms with Crippen LogP contribution in [0.5, 0.6) is 0 Å². The maximum Gasteiger partial charge on any atom is 0.251 e. The van der Waals surface area contributed by atoms with Crippen molar-refractivity contribution in [2.45, 2.75) is 32.9 Å². The van der Waals surface area contributed by atoms with Crippen molar-refractivity contribution in [3.05, 3.63) is 89.2 Å². The van der Waals surface area contributed by atoms with Crippen molar-refractivity contribution in [3.8, 4) is 0 Å². The van der Waals surface area contributed by atoms with Crippen molar-refractivity contribution in [3.63, 3.8) is 0 Å². The third-order valence-corrected chi connectivity index (χ3v) is 4.29. The van der Waals surface area contributed by atoms with Crippen LogP contribution < -0.4 is 5.32 Å². The van der Waals surface area contributed by atoms with E-state index in [9.17, 15) is 4.79 Å². The molecule has 0 saturated heterocycles. The molecule has 0 aliphatic carbocycles. The number of hydrogen-bond donors (Lipinski definition) is 1. The van der Waals surface area contributed by atoms with Gasteiger partial charge in [-0.2, -0.15) is 5.10 Å². The van der Waals surface area contributed by atoms with Crippen LogP contribution in [0.15, 0.2) is 67.0 Å². The predicted octanol–water partition coefficient (Wildman–Crippen LogP) is 3.98. The van der Waals surface area contributed by atoms with Gasteiger partial charge in [-0.1, -0.05) is 50.2 Å². The van der Waals surface area contributed by atoms with Crippen molar-refractivity contribution in [2.75, 3.05) is 0 Å². The first-order valence-electron chi connectivity index (χ1n) is 8.56. The van der Waals surface area contributed by atoms with Crippen LogP contribution in [0, 0.1) is 0 Å². The van der Waals surface area contributed by atoms with E-state index in [0.717, 1.165) is 11.1 Å². The van der Waals surface area contributed by atoms with Gasteiger partial charge in [0.15, 0.2) is 0 Å². The minimum Gasteiger partial charge on any atom is -0.348 e. The largest absolute Gasteiger partial charge is 0.348 e. The highest BCUT2D eigenvalue weighted by molar-refractivity contribution is 5.94. The second kappa shape index (κ2) is 7.79. The Bertz CT molecular complexity index is 821. The molecule has 25 heavy (non-hydrogen) atoms. The van der Waals surface area contributed by atoms with Crippen LogP contribution in [0.1, 0.15) is 46.8 Å². The third kappa shape index (κ3) is 4.35. The van der Waals surface area contributed by atoms with E-state index in [1.54, 1.807) is 6.20 Å². The molecule has 0 aliphatic heterocycles. The highest BCUT2D eigenvalue weighted by atomic mass is 16.1. The number of rotatable bonds is 6. The number of benzene rings is 2. The number of hydrogen-bond acceptors (Lipinski definition) is 2. The van der Waals surface area contributed by atoms with Gasteiger partial charge in [0.2, 0.25) is 0 Å². The van der Waals surface area contributed by atoms with Crippen LogP contribution in [0.2, 0.25) is 0 Å². The minimum atomic E-state index is -0.0517. The first-order valence-corrected chi connectivity index (χ1v) is 8.56. The van der Waals surface area contributed by atoms with E-state index in [1.165, 1.54) is 5.56 Å². The lowest BCUT2D eigenvalue weighted by atomic mass is 10.0. The molecular formula is C21H23N3O. The summed E-state index contributed by atoms with van der Waals surface area (Å²) in [5.74, 6) is 0.412. The summed E-state index contributed by atoms with van der Waals surface area (Å²) in [5, 5.41) is 7.26. The smallest absolute Gasteiger partial charge is 0.251 e. The van der Waals surface area contributed by atoms with Crippen molar-refractivity contribution < 1.29 is 4.79 Å². The van der Waals surface area contributed by atoms with Crippen LogP contribution in [-0.2, 0) is 13.1 Å². The van der Waals surface area contributed by atoms with Crippen LogP contribution in [0.25, 0.3) is 0 Å². The molecule has 0 saturated carbocycles. The molecule has 0 radical (unpaired) electrons. The second-order valence-electron chi connectivity index (χ2n) is 6.43. The van der Waals surface area contributed by atoms with Crippen LogP contribution >= 0.6 is 0 Å². The minimum absolute atomic E-state index is 0.0517. The molecule has 0 atom stereocenters. The van der Waals surface area contributed by atoms with Crippen LogP contribution in [0.4, 0.5) is 0 Å². The number of carbonyl (C=O) groups is 1. The van der Waals surface area contributed by atoms with Gasteiger partial charge in [-0.15, -0.1) is 0 Å². The van der Waals surface area contributed by atoms with Gasteiger partial charge in [0.25, 0.3) is 5.91 Å². The maximum atomic E-state index is 12.4. The molecular weight excluding hydrogens is 310 g/mol. The molecule has 4 nitrogen and oxygen atoms in total. The summed E-state index contributed by atoms with van der Waals surface area (Å²) >= 11 is 0. The highest BCUT2D eigenvalue weighted by Crippen LogP contribution is 2.15. The third-order valence-electron chi connectivity index (χ3n) is 4.29. The molecule has 3 aromatic rings. The molecule has 1 heterocycles. The lowest BCUT2D eigenvalue weighted by Crippen LogP contribution is -2.23. The van der Waals surface area contributed by atoms with E-state index in [2.05, 4.69) is 30.3 Å². The van der Waals surface area contributed by atoms with Crippen molar-refractivity contribution >= 4 is 5.91 Å². The Balaban J connectivity index is 1.66. The summed E-state index contributed by atoms with van der Waals surface area (Å²) in [6, 6.07) is 17.8. The van der Waals surface area contributed by atoms with Crippen LogP contribution in [-0.4, -0.2) is 15.7 Å². The Morgan fingerprint density at radius 3 is 2.40 bits per heavy atom. The molecule has 0 unspecified atom stereocenters. The zero-order valence-electron chi connectivity index (χ0n) is 14.6. The molecule has 1 aromatic heterocycles. The topological polar surface area (TPSA) is 46.9 Å². The normalized spacial score (nSPS) is 10.8. The molecule has 3 rings (SSSR count). The number of carbonyl (C=O) groups excluding carboxylic acids is 1. The molecule has 1 N–H and O–H groups in total. The van der Waals surface area contributed by atoms with E-state index in [-0.39, 0.29) is 5.91 Å². The quantitative estimate of drug-likeness (QED) is 0.741. The maximum absolute atomic E-state index is 12.4. The molecule has 1 amide bonds. The van der Waals surface area contributed by atoms with E-state index in [0.29, 0.717) is 24.6 Å². The van der Waals surface area contributed by atoms with Gasteiger partial charge < -0.3 is 5.32 Å². The standard InChI is InChI=1S/C21H23N3O/c1-16(2)17-8-10-18(11-9-17)21(25)22-14-19-6-3-4-7-20(19)15-24-13-5-12-23-24/h3-13,16H,14-15H2,1-2H3,(H,22,25). The van der Waals surface area contributed by atoms with E-state index in [1.807, 2.05) is 59.4 Å². The van der Waals surface area contributed by atoms with Crippen molar-refractivity contribution in [1.82, 2.24) is 15.1 Å². The molecule has 128 valence electrons. The molecule has 4 heteroatoms. The number of amides is 1. The van der Waals surface area contributed by atoms with Gasteiger partial charge in [-0.25, -0.2) is 0 Å². The fourth-order valence-corrected chi connectivity index (χ4v) is 2.75. The zero-order chi connectivity index (χ0) is 17.6. The fourth-order valence-electron chi connectivity index (χ4n) is 2.75. The summed E-state index contributed by atoms with van der Waals surface area (Å²) in [6.45, 7) is 5.49.